The molecule has 0 amide bonds. The van der Waals surface area contributed by atoms with Crippen molar-refractivity contribution >= 4 is 17.4 Å². The number of ether oxygens (including phenoxy) is 1. The average Bonchev–Trinajstić information content (AvgIpc) is 2.17. The standard InChI is InChI=1S/C8H8ClNO2/c1-12-6-2-3-7(10-5-6)8(11)4-9/h2-3,5H,4H2,1H3. The molecule has 0 saturated heterocycles. The van der Waals surface area contributed by atoms with Gasteiger partial charge in [-0.2, -0.15) is 0 Å². The van der Waals surface area contributed by atoms with Gasteiger partial charge >= 0.3 is 0 Å². The minimum atomic E-state index is -0.181. The van der Waals surface area contributed by atoms with Gasteiger partial charge in [-0.1, -0.05) is 0 Å². The number of halogens is 1. The average molecular weight is 186 g/mol. The number of aromatic nitrogens is 1. The van der Waals surface area contributed by atoms with Gasteiger partial charge in [-0.25, -0.2) is 4.98 Å². The van der Waals surface area contributed by atoms with E-state index in [0.29, 0.717) is 11.4 Å². The third-order valence-corrected chi connectivity index (χ3v) is 1.62. The summed E-state index contributed by atoms with van der Waals surface area (Å²) in [4.78, 5) is 14.8. The van der Waals surface area contributed by atoms with Crippen molar-refractivity contribution in [2.24, 2.45) is 0 Å². The van der Waals surface area contributed by atoms with Crippen LogP contribution in [-0.4, -0.2) is 23.8 Å². The lowest BCUT2D eigenvalue weighted by atomic mass is 10.3. The fourth-order valence-electron chi connectivity index (χ4n) is 0.734. The Morgan fingerprint density at radius 1 is 1.67 bits per heavy atom. The number of rotatable bonds is 3. The van der Waals surface area contributed by atoms with E-state index in [9.17, 15) is 4.79 Å². The molecule has 4 heteroatoms. The number of carbonyl (C=O) groups excluding carboxylic acids is 1. The Morgan fingerprint density at radius 3 is 2.83 bits per heavy atom. The molecule has 0 aliphatic rings. The van der Waals surface area contributed by atoms with Crippen molar-refractivity contribution in [3.8, 4) is 5.75 Å². The van der Waals surface area contributed by atoms with Crippen LogP contribution in [0.25, 0.3) is 0 Å². The van der Waals surface area contributed by atoms with Gasteiger partial charge in [-0.15, -0.1) is 11.6 Å². The zero-order valence-electron chi connectivity index (χ0n) is 6.58. The molecule has 3 nitrogen and oxygen atoms in total. The Labute approximate surface area is 75.3 Å². The first-order chi connectivity index (χ1) is 5.77. The summed E-state index contributed by atoms with van der Waals surface area (Å²) in [5, 5.41) is 0. The number of hydrogen-bond acceptors (Lipinski definition) is 3. The van der Waals surface area contributed by atoms with E-state index in [1.165, 1.54) is 6.20 Å². The molecule has 0 spiro atoms. The Hall–Kier alpha value is -1.09. The van der Waals surface area contributed by atoms with Crippen LogP contribution >= 0.6 is 11.6 Å². The van der Waals surface area contributed by atoms with Crippen LogP contribution in [0.15, 0.2) is 18.3 Å². The van der Waals surface area contributed by atoms with Gasteiger partial charge in [0.2, 0.25) is 0 Å². The summed E-state index contributed by atoms with van der Waals surface area (Å²) in [6.45, 7) is 0. The van der Waals surface area contributed by atoms with Gasteiger partial charge in [0.15, 0.2) is 5.78 Å². The molecule has 0 aliphatic carbocycles. The van der Waals surface area contributed by atoms with Gasteiger partial charge in [-0.3, -0.25) is 4.79 Å². The molecule has 0 bridgehead atoms. The van der Waals surface area contributed by atoms with Gasteiger partial charge < -0.3 is 4.74 Å². The summed E-state index contributed by atoms with van der Waals surface area (Å²) >= 11 is 5.34. The SMILES string of the molecule is COc1ccc(C(=O)CCl)nc1. The minimum Gasteiger partial charge on any atom is -0.495 e. The summed E-state index contributed by atoms with van der Waals surface area (Å²) in [5.41, 5.74) is 0.366. The molecule has 0 fully saturated rings. The van der Waals surface area contributed by atoms with E-state index in [-0.39, 0.29) is 11.7 Å². The third-order valence-electron chi connectivity index (χ3n) is 1.38. The first-order valence-corrected chi connectivity index (χ1v) is 3.90. The van der Waals surface area contributed by atoms with Gasteiger partial charge in [-0.05, 0) is 12.1 Å². The highest BCUT2D eigenvalue weighted by Crippen LogP contribution is 2.08. The van der Waals surface area contributed by atoms with Crippen molar-refractivity contribution in [3.05, 3.63) is 24.0 Å². The normalized spacial score (nSPS) is 9.50. The zero-order chi connectivity index (χ0) is 8.97. The Balaban J connectivity index is 2.84. The predicted octanol–water partition coefficient (Wildman–Crippen LogP) is 1.51. The summed E-state index contributed by atoms with van der Waals surface area (Å²) in [7, 11) is 1.54. The summed E-state index contributed by atoms with van der Waals surface area (Å²) in [6.07, 6.45) is 1.49. The molecule has 0 atom stereocenters. The molecule has 0 N–H and O–H groups in total. The van der Waals surface area contributed by atoms with Crippen LogP contribution in [0.5, 0.6) is 5.75 Å². The van der Waals surface area contributed by atoms with E-state index in [2.05, 4.69) is 4.98 Å². The number of alkyl halides is 1. The summed E-state index contributed by atoms with van der Waals surface area (Å²) < 4.78 is 4.88. The molecule has 0 saturated carbocycles. The van der Waals surface area contributed by atoms with E-state index in [0.717, 1.165) is 0 Å². The molecular weight excluding hydrogens is 178 g/mol. The van der Waals surface area contributed by atoms with Crippen LogP contribution in [-0.2, 0) is 0 Å². The molecule has 12 heavy (non-hydrogen) atoms. The Bertz CT molecular complexity index is 271. The van der Waals surface area contributed by atoms with Crippen molar-refractivity contribution in [1.82, 2.24) is 4.98 Å². The number of methoxy groups -OCH3 is 1. The first-order valence-electron chi connectivity index (χ1n) is 3.37. The van der Waals surface area contributed by atoms with E-state index in [4.69, 9.17) is 16.3 Å². The lowest BCUT2D eigenvalue weighted by Crippen LogP contribution is -2.02. The Morgan fingerprint density at radius 2 is 2.42 bits per heavy atom. The fraction of sp³-hybridized carbons (Fsp3) is 0.250. The monoisotopic (exact) mass is 185 g/mol. The van der Waals surface area contributed by atoms with Gasteiger partial charge in [0, 0.05) is 0 Å². The molecule has 0 aromatic carbocycles. The number of carbonyl (C=O) groups is 1. The molecule has 1 aromatic rings. The van der Waals surface area contributed by atoms with E-state index < -0.39 is 0 Å². The number of hydrogen-bond donors (Lipinski definition) is 0. The van der Waals surface area contributed by atoms with Crippen LogP contribution in [0.2, 0.25) is 0 Å². The minimum absolute atomic E-state index is 0.0423. The number of ketones is 1. The first kappa shape index (κ1) is 9.00. The maximum absolute atomic E-state index is 11.0. The lowest BCUT2D eigenvalue weighted by molar-refractivity contribution is 0.101. The maximum atomic E-state index is 11.0. The quantitative estimate of drug-likeness (QED) is 0.529. The summed E-state index contributed by atoms with van der Waals surface area (Å²) in [6, 6.07) is 3.26. The number of Topliss-reactive ketones (excluding diaryl/α,β-unsaturated/α-hetero) is 1. The second-order valence-electron chi connectivity index (χ2n) is 2.14. The van der Waals surface area contributed by atoms with Crippen molar-refractivity contribution in [2.75, 3.05) is 13.0 Å². The fourth-order valence-corrected chi connectivity index (χ4v) is 0.871. The topological polar surface area (TPSA) is 39.2 Å². The van der Waals surface area contributed by atoms with Crippen LogP contribution < -0.4 is 4.74 Å². The molecule has 1 heterocycles. The van der Waals surface area contributed by atoms with Crippen LogP contribution in [0.3, 0.4) is 0 Å². The van der Waals surface area contributed by atoms with Crippen molar-refractivity contribution in [1.29, 1.82) is 0 Å². The van der Waals surface area contributed by atoms with Crippen molar-refractivity contribution in [3.63, 3.8) is 0 Å². The molecule has 64 valence electrons. The summed E-state index contributed by atoms with van der Waals surface area (Å²) in [5.74, 6) is 0.403. The van der Waals surface area contributed by atoms with E-state index >= 15 is 0 Å². The largest absolute Gasteiger partial charge is 0.495 e. The molecule has 1 aromatic heterocycles. The molecule has 0 aliphatic heterocycles. The third kappa shape index (κ3) is 1.95. The van der Waals surface area contributed by atoms with Crippen molar-refractivity contribution in [2.45, 2.75) is 0 Å². The maximum Gasteiger partial charge on any atom is 0.195 e. The predicted molar refractivity (Wildman–Crippen MR) is 45.8 cm³/mol. The van der Waals surface area contributed by atoms with Crippen LogP contribution in [0.1, 0.15) is 10.5 Å². The van der Waals surface area contributed by atoms with Gasteiger partial charge in [0.05, 0.1) is 19.2 Å². The second kappa shape index (κ2) is 4.07. The van der Waals surface area contributed by atoms with Crippen molar-refractivity contribution < 1.29 is 9.53 Å². The second-order valence-corrected chi connectivity index (χ2v) is 2.41. The molecule has 1 rings (SSSR count). The number of pyridine rings is 1. The molecular formula is C8H8ClNO2. The molecule has 0 unspecified atom stereocenters. The molecule has 0 radical (unpaired) electrons. The highest BCUT2D eigenvalue weighted by atomic mass is 35.5. The van der Waals surface area contributed by atoms with E-state index in [1.807, 2.05) is 0 Å². The van der Waals surface area contributed by atoms with Gasteiger partial charge in [0.1, 0.15) is 11.4 Å². The zero-order valence-corrected chi connectivity index (χ0v) is 7.34. The van der Waals surface area contributed by atoms with E-state index in [1.54, 1.807) is 19.2 Å². The highest BCUT2D eigenvalue weighted by Gasteiger charge is 2.04. The lowest BCUT2D eigenvalue weighted by Gasteiger charge is -1.98. The smallest absolute Gasteiger partial charge is 0.195 e. The Kier molecular flexibility index (Phi) is 3.05. The number of nitrogens with zero attached hydrogens (tertiary/aromatic N) is 1. The van der Waals surface area contributed by atoms with Crippen LogP contribution in [0.4, 0.5) is 0 Å². The van der Waals surface area contributed by atoms with Crippen LogP contribution in [0, 0.1) is 0 Å². The highest BCUT2D eigenvalue weighted by molar-refractivity contribution is 6.30. The van der Waals surface area contributed by atoms with Gasteiger partial charge in [0.25, 0.3) is 0 Å².